The maximum atomic E-state index is 5.48. The van der Waals surface area contributed by atoms with Crippen molar-refractivity contribution in [2.45, 2.75) is 13.8 Å². The van der Waals surface area contributed by atoms with Gasteiger partial charge in [-0.15, -0.1) is 0 Å². The fourth-order valence-corrected chi connectivity index (χ4v) is 1.12. The zero-order valence-electron chi connectivity index (χ0n) is 10.9. The quantitative estimate of drug-likeness (QED) is 0.390. The molecule has 0 aromatic carbocycles. The molecule has 0 aromatic rings. The average Bonchev–Trinajstić information content (AvgIpc) is 2.28. The lowest BCUT2D eigenvalue weighted by Crippen LogP contribution is -2.27. The molecular formula is C13H24O4. The van der Waals surface area contributed by atoms with Crippen molar-refractivity contribution < 1.29 is 18.9 Å². The standard InChI is InChI=1S/C13H24O4/c1-5-14-7-9-16-11-13(3,4)12-17-10-8-15-6-2/h5-6H,1-2,7-12H2,3-4H3. The van der Waals surface area contributed by atoms with Crippen molar-refractivity contribution in [1.82, 2.24) is 0 Å². The van der Waals surface area contributed by atoms with E-state index in [4.69, 9.17) is 18.9 Å². The van der Waals surface area contributed by atoms with Gasteiger partial charge in [0.05, 0.1) is 39.0 Å². The van der Waals surface area contributed by atoms with Crippen molar-refractivity contribution in [1.29, 1.82) is 0 Å². The molecule has 0 radical (unpaired) electrons. The summed E-state index contributed by atoms with van der Waals surface area (Å²) in [5.41, 5.74) is -0.0115. The molecule has 0 rings (SSSR count). The minimum absolute atomic E-state index is 0.0115. The molecule has 0 heterocycles. The lowest BCUT2D eigenvalue weighted by Gasteiger charge is -2.24. The molecule has 0 fully saturated rings. The van der Waals surface area contributed by atoms with Crippen LogP contribution in [0.2, 0.25) is 0 Å². The van der Waals surface area contributed by atoms with Crippen LogP contribution < -0.4 is 0 Å². The third kappa shape index (κ3) is 11.3. The van der Waals surface area contributed by atoms with Crippen LogP contribution in [0.15, 0.2) is 25.7 Å². The van der Waals surface area contributed by atoms with Crippen molar-refractivity contribution in [3.05, 3.63) is 25.7 Å². The Hall–Kier alpha value is -1.00. The Labute approximate surface area is 104 Å². The van der Waals surface area contributed by atoms with Gasteiger partial charge < -0.3 is 18.9 Å². The highest BCUT2D eigenvalue weighted by atomic mass is 16.5. The first kappa shape index (κ1) is 16.0. The maximum Gasteiger partial charge on any atom is 0.111 e. The molecule has 100 valence electrons. The second-order valence-electron chi connectivity index (χ2n) is 4.34. The molecular weight excluding hydrogens is 220 g/mol. The summed E-state index contributed by atoms with van der Waals surface area (Å²) in [7, 11) is 0. The Bertz CT molecular complexity index is 182. The summed E-state index contributed by atoms with van der Waals surface area (Å²) in [6.07, 6.45) is 2.83. The first-order chi connectivity index (χ1) is 8.12. The number of rotatable bonds is 12. The normalized spacial score (nSPS) is 10.9. The Kier molecular flexibility index (Phi) is 9.57. The van der Waals surface area contributed by atoms with Crippen LogP contribution in [0.4, 0.5) is 0 Å². The van der Waals surface area contributed by atoms with Crippen molar-refractivity contribution in [3.63, 3.8) is 0 Å². The Balaban J connectivity index is 3.44. The van der Waals surface area contributed by atoms with Crippen LogP contribution in [-0.2, 0) is 18.9 Å². The van der Waals surface area contributed by atoms with E-state index in [0.29, 0.717) is 39.6 Å². The van der Waals surface area contributed by atoms with Gasteiger partial charge in [0.15, 0.2) is 0 Å². The molecule has 0 atom stereocenters. The van der Waals surface area contributed by atoms with Gasteiger partial charge in [0.25, 0.3) is 0 Å². The highest BCUT2D eigenvalue weighted by Crippen LogP contribution is 2.15. The smallest absolute Gasteiger partial charge is 0.111 e. The van der Waals surface area contributed by atoms with E-state index < -0.39 is 0 Å². The topological polar surface area (TPSA) is 36.9 Å². The molecule has 0 N–H and O–H groups in total. The molecule has 0 spiro atoms. The SMILES string of the molecule is C=COCCOCC(C)(C)COCCOC=C. The lowest BCUT2D eigenvalue weighted by atomic mass is 9.96. The van der Waals surface area contributed by atoms with Crippen molar-refractivity contribution in [2.24, 2.45) is 5.41 Å². The van der Waals surface area contributed by atoms with E-state index in [1.807, 2.05) is 0 Å². The molecule has 0 saturated heterocycles. The van der Waals surface area contributed by atoms with E-state index in [2.05, 4.69) is 27.0 Å². The summed E-state index contributed by atoms with van der Waals surface area (Å²) >= 11 is 0. The first-order valence-electron chi connectivity index (χ1n) is 5.73. The molecule has 4 heteroatoms. The van der Waals surface area contributed by atoms with Crippen molar-refractivity contribution in [2.75, 3.05) is 39.6 Å². The highest BCUT2D eigenvalue weighted by Gasteiger charge is 2.18. The number of ether oxygens (including phenoxy) is 4. The lowest BCUT2D eigenvalue weighted by molar-refractivity contribution is -0.0207. The Morgan fingerprint density at radius 1 is 0.824 bits per heavy atom. The second-order valence-corrected chi connectivity index (χ2v) is 4.34. The highest BCUT2D eigenvalue weighted by molar-refractivity contribution is 4.66. The minimum Gasteiger partial charge on any atom is -0.499 e. The van der Waals surface area contributed by atoms with Crippen molar-refractivity contribution >= 4 is 0 Å². The predicted octanol–water partition coefficient (Wildman–Crippen LogP) is 2.37. The minimum atomic E-state index is -0.0115. The van der Waals surface area contributed by atoms with Crippen LogP contribution in [0.25, 0.3) is 0 Å². The van der Waals surface area contributed by atoms with Gasteiger partial charge in [0.1, 0.15) is 13.2 Å². The molecule has 17 heavy (non-hydrogen) atoms. The molecule has 0 amide bonds. The summed E-state index contributed by atoms with van der Waals surface area (Å²) in [5.74, 6) is 0. The van der Waals surface area contributed by atoms with Gasteiger partial charge in [-0.3, -0.25) is 0 Å². The van der Waals surface area contributed by atoms with E-state index >= 15 is 0 Å². The van der Waals surface area contributed by atoms with E-state index in [9.17, 15) is 0 Å². The number of hydrogen-bond acceptors (Lipinski definition) is 4. The summed E-state index contributed by atoms with van der Waals surface area (Å²) in [4.78, 5) is 0. The average molecular weight is 244 g/mol. The predicted molar refractivity (Wildman–Crippen MR) is 67.7 cm³/mol. The summed E-state index contributed by atoms with van der Waals surface area (Å²) in [6, 6.07) is 0. The number of hydrogen-bond donors (Lipinski definition) is 0. The van der Waals surface area contributed by atoms with E-state index in [-0.39, 0.29) is 5.41 Å². The monoisotopic (exact) mass is 244 g/mol. The van der Waals surface area contributed by atoms with E-state index in [1.165, 1.54) is 12.5 Å². The molecule has 0 bridgehead atoms. The van der Waals surface area contributed by atoms with Crippen LogP contribution in [0.1, 0.15) is 13.8 Å². The summed E-state index contributed by atoms with van der Waals surface area (Å²) < 4.78 is 20.9. The fourth-order valence-electron chi connectivity index (χ4n) is 1.12. The zero-order chi connectivity index (χ0) is 13.0. The molecule has 0 aliphatic carbocycles. The van der Waals surface area contributed by atoms with Gasteiger partial charge in [-0.05, 0) is 0 Å². The maximum absolute atomic E-state index is 5.48. The van der Waals surface area contributed by atoms with Gasteiger partial charge >= 0.3 is 0 Å². The van der Waals surface area contributed by atoms with Crippen LogP contribution in [0.3, 0.4) is 0 Å². The van der Waals surface area contributed by atoms with Gasteiger partial charge in [0, 0.05) is 5.41 Å². The van der Waals surface area contributed by atoms with Gasteiger partial charge in [-0.1, -0.05) is 27.0 Å². The van der Waals surface area contributed by atoms with Crippen LogP contribution in [-0.4, -0.2) is 39.6 Å². The Morgan fingerprint density at radius 2 is 1.24 bits per heavy atom. The van der Waals surface area contributed by atoms with Crippen LogP contribution in [0, 0.1) is 5.41 Å². The van der Waals surface area contributed by atoms with Crippen LogP contribution in [0.5, 0.6) is 0 Å². The third-order valence-corrected chi connectivity index (χ3v) is 1.91. The van der Waals surface area contributed by atoms with E-state index in [0.717, 1.165) is 0 Å². The van der Waals surface area contributed by atoms with E-state index in [1.54, 1.807) is 0 Å². The summed E-state index contributed by atoms with van der Waals surface area (Å²) in [5, 5.41) is 0. The van der Waals surface area contributed by atoms with Gasteiger partial charge in [-0.25, -0.2) is 0 Å². The largest absolute Gasteiger partial charge is 0.499 e. The fraction of sp³-hybridized carbons (Fsp3) is 0.692. The van der Waals surface area contributed by atoms with Gasteiger partial charge in [-0.2, -0.15) is 0 Å². The molecule has 0 saturated carbocycles. The molecule has 0 aliphatic heterocycles. The molecule has 0 aliphatic rings. The molecule has 4 nitrogen and oxygen atoms in total. The van der Waals surface area contributed by atoms with Crippen LogP contribution >= 0.6 is 0 Å². The third-order valence-electron chi connectivity index (χ3n) is 1.91. The van der Waals surface area contributed by atoms with Gasteiger partial charge in [0.2, 0.25) is 0 Å². The molecule has 0 unspecified atom stereocenters. The Morgan fingerprint density at radius 3 is 1.59 bits per heavy atom. The zero-order valence-corrected chi connectivity index (χ0v) is 10.9. The first-order valence-corrected chi connectivity index (χ1v) is 5.73. The summed E-state index contributed by atoms with van der Waals surface area (Å²) in [6.45, 7) is 14.6. The van der Waals surface area contributed by atoms with Crippen molar-refractivity contribution in [3.8, 4) is 0 Å². The second kappa shape index (κ2) is 10.2. The molecule has 0 aromatic heterocycles.